The summed E-state index contributed by atoms with van der Waals surface area (Å²) in [6.45, 7) is 2.03. The van der Waals surface area contributed by atoms with Crippen LogP contribution in [-0.4, -0.2) is 20.9 Å². The first-order valence-electron chi connectivity index (χ1n) is 6.96. The summed E-state index contributed by atoms with van der Waals surface area (Å²) in [6.07, 6.45) is 2.96. The van der Waals surface area contributed by atoms with E-state index in [2.05, 4.69) is 15.2 Å². The maximum Gasteiger partial charge on any atom is 0.270 e. The molecule has 2 N–H and O–H groups in total. The van der Waals surface area contributed by atoms with Crippen LogP contribution in [0.4, 0.5) is 11.4 Å². The van der Waals surface area contributed by atoms with Crippen molar-refractivity contribution in [2.24, 2.45) is 10.2 Å². The molecule has 0 unspecified atom stereocenters. The third-order valence-electron chi connectivity index (χ3n) is 3.20. The Balaban J connectivity index is 2.26. The van der Waals surface area contributed by atoms with Gasteiger partial charge in [0.1, 0.15) is 0 Å². The van der Waals surface area contributed by atoms with E-state index in [9.17, 15) is 20.0 Å². The van der Waals surface area contributed by atoms with E-state index in [1.807, 2.05) is 6.92 Å². The van der Waals surface area contributed by atoms with Crippen LogP contribution in [0, 0.1) is 10.1 Å². The molecular formula is C14H16N4O4. The van der Waals surface area contributed by atoms with E-state index < -0.39 is 4.92 Å². The molecule has 1 aromatic heterocycles. The Morgan fingerprint density at radius 1 is 1.41 bits per heavy atom. The Labute approximate surface area is 126 Å². The van der Waals surface area contributed by atoms with Crippen molar-refractivity contribution >= 4 is 28.2 Å². The maximum atomic E-state index is 11.6. The van der Waals surface area contributed by atoms with Crippen molar-refractivity contribution in [2.45, 2.75) is 32.6 Å². The van der Waals surface area contributed by atoms with Crippen molar-refractivity contribution in [3.8, 4) is 5.88 Å². The van der Waals surface area contributed by atoms with Crippen molar-refractivity contribution in [3.05, 3.63) is 28.3 Å². The predicted molar refractivity (Wildman–Crippen MR) is 80.3 cm³/mol. The lowest BCUT2D eigenvalue weighted by Gasteiger charge is -1.94. The lowest BCUT2D eigenvalue weighted by Crippen LogP contribution is -1.91. The molecule has 8 heteroatoms. The molecule has 0 radical (unpaired) electrons. The maximum absolute atomic E-state index is 11.6. The molecule has 0 aliphatic rings. The smallest absolute Gasteiger partial charge is 0.270 e. The third kappa shape index (κ3) is 3.46. The summed E-state index contributed by atoms with van der Waals surface area (Å²) in [5.41, 5.74) is 0.384. The van der Waals surface area contributed by atoms with Gasteiger partial charge in [0.15, 0.2) is 5.69 Å². The Hall–Kier alpha value is -2.77. The highest BCUT2D eigenvalue weighted by Crippen LogP contribution is 2.37. The van der Waals surface area contributed by atoms with E-state index in [-0.39, 0.29) is 23.2 Å². The van der Waals surface area contributed by atoms with Gasteiger partial charge in [-0.15, -0.1) is 10.2 Å². The molecule has 1 amide bonds. The van der Waals surface area contributed by atoms with E-state index >= 15 is 0 Å². The molecule has 0 saturated heterocycles. The van der Waals surface area contributed by atoms with Crippen LogP contribution in [0.25, 0.3) is 10.9 Å². The van der Waals surface area contributed by atoms with Gasteiger partial charge in [-0.3, -0.25) is 14.9 Å². The lowest BCUT2D eigenvalue weighted by atomic mass is 10.2. The number of unbranched alkanes of at least 4 members (excludes halogenated alkanes) is 2. The number of aromatic amines is 1. The van der Waals surface area contributed by atoms with E-state index in [0.29, 0.717) is 17.3 Å². The van der Waals surface area contributed by atoms with Crippen LogP contribution in [0.3, 0.4) is 0 Å². The Kier molecular flexibility index (Phi) is 4.82. The molecule has 0 saturated carbocycles. The number of hydrogen-bond donors (Lipinski definition) is 2. The number of H-pyrrole nitrogens is 1. The second kappa shape index (κ2) is 6.79. The highest BCUT2D eigenvalue weighted by molar-refractivity contribution is 5.95. The average Bonchev–Trinajstić information content (AvgIpc) is 2.80. The first kappa shape index (κ1) is 15.6. The van der Waals surface area contributed by atoms with Gasteiger partial charge in [0.05, 0.1) is 10.4 Å². The van der Waals surface area contributed by atoms with Gasteiger partial charge in [-0.1, -0.05) is 19.8 Å². The predicted octanol–water partition coefficient (Wildman–Crippen LogP) is 3.97. The zero-order valence-electron chi connectivity index (χ0n) is 12.1. The SMILES string of the molecule is CCCCCC(=O)N=Nc1c(O)[nH]c2ccc([N+](=O)[O-])cc12. The number of aromatic hydroxyl groups is 1. The van der Waals surface area contributed by atoms with E-state index in [0.717, 1.165) is 19.3 Å². The number of amides is 1. The molecule has 0 fully saturated rings. The normalized spacial score (nSPS) is 11.3. The van der Waals surface area contributed by atoms with Gasteiger partial charge >= 0.3 is 0 Å². The number of benzene rings is 1. The van der Waals surface area contributed by atoms with Crippen LogP contribution in [0.15, 0.2) is 28.4 Å². The zero-order valence-corrected chi connectivity index (χ0v) is 12.1. The molecule has 1 aromatic carbocycles. The summed E-state index contributed by atoms with van der Waals surface area (Å²) in [4.78, 5) is 24.5. The molecule has 1 heterocycles. The molecule has 0 aliphatic heterocycles. The van der Waals surface area contributed by atoms with Gasteiger partial charge < -0.3 is 10.1 Å². The number of carbonyl (C=O) groups excluding carboxylic acids is 1. The summed E-state index contributed by atoms with van der Waals surface area (Å²) in [6, 6.07) is 4.06. The molecule has 2 rings (SSSR count). The number of nitrogens with one attached hydrogen (secondary N) is 1. The van der Waals surface area contributed by atoms with Crippen molar-refractivity contribution in [3.63, 3.8) is 0 Å². The monoisotopic (exact) mass is 304 g/mol. The zero-order chi connectivity index (χ0) is 16.1. The van der Waals surface area contributed by atoms with Gasteiger partial charge in [-0.2, -0.15) is 0 Å². The van der Waals surface area contributed by atoms with E-state index in [4.69, 9.17) is 0 Å². The van der Waals surface area contributed by atoms with Crippen LogP contribution in [-0.2, 0) is 4.79 Å². The minimum Gasteiger partial charge on any atom is -0.493 e. The number of nitrogens with zero attached hydrogens (tertiary/aromatic N) is 3. The minimum absolute atomic E-state index is 0.0301. The fourth-order valence-electron chi connectivity index (χ4n) is 2.05. The molecule has 0 aliphatic carbocycles. The number of azo groups is 1. The second-order valence-corrected chi connectivity index (χ2v) is 4.86. The fourth-order valence-corrected chi connectivity index (χ4v) is 2.05. The number of aromatic nitrogens is 1. The van der Waals surface area contributed by atoms with Gasteiger partial charge in [-0.25, -0.2) is 0 Å². The number of fused-ring (bicyclic) bond motifs is 1. The number of nitro benzene ring substituents is 1. The highest BCUT2D eigenvalue weighted by Gasteiger charge is 2.15. The van der Waals surface area contributed by atoms with Crippen LogP contribution < -0.4 is 0 Å². The molecule has 0 atom stereocenters. The Morgan fingerprint density at radius 3 is 2.86 bits per heavy atom. The average molecular weight is 304 g/mol. The number of carbonyl (C=O) groups is 1. The summed E-state index contributed by atoms with van der Waals surface area (Å²) >= 11 is 0. The van der Waals surface area contributed by atoms with E-state index in [1.54, 1.807) is 0 Å². The summed E-state index contributed by atoms with van der Waals surface area (Å²) in [7, 11) is 0. The van der Waals surface area contributed by atoms with Crippen molar-refractivity contribution in [2.75, 3.05) is 0 Å². The van der Waals surface area contributed by atoms with Crippen molar-refractivity contribution < 1.29 is 14.8 Å². The van der Waals surface area contributed by atoms with Crippen LogP contribution in [0.2, 0.25) is 0 Å². The first-order valence-corrected chi connectivity index (χ1v) is 6.96. The standard InChI is InChI=1S/C14H16N4O4/c1-2-3-4-5-12(19)16-17-13-10-8-9(18(21)22)6-7-11(10)15-14(13)20/h6-8,15,20H,2-5H2,1H3. The van der Waals surface area contributed by atoms with Crippen LogP contribution >= 0.6 is 0 Å². The van der Waals surface area contributed by atoms with Gasteiger partial charge in [0, 0.05) is 23.9 Å². The molecule has 8 nitrogen and oxygen atoms in total. The summed E-state index contributed by atoms with van der Waals surface area (Å²) in [5, 5.41) is 28.2. The molecule has 22 heavy (non-hydrogen) atoms. The van der Waals surface area contributed by atoms with E-state index in [1.165, 1.54) is 18.2 Å². The Bertz CT molecular complexity index is 736. The topological polar surface area (TPSA) is 121 Å². The highest BCUT2D eigenvalue weighted by atomic mass is 16.6. The fraction of sp³-hybridized carbons (Fsp3) is 0.357. The molecule has 0 spiro atoms. The number of nitro groups is 1. The molecule has 2 aromatic rings. The van der Waals surface area contributed by atoms with Crippen molar-refractivity contribution in [1.29, 1.82) is 0 Å². The largest absolute Gasteiger partial charge is 0.493 e. The van der Waals surface area contributed by atoms with Gasteiger partial charge in [0.2, 0.25) is 5.88 Å². The quantitative estimate of drug-likeness (QED) is 0.363. The Morgan fingerprint density at radius 2 is 2.18 bits per heavy atom. The molecular weight excluding hydrogens is 288 g/mol. The van der Waals surface area contributed by atoms with Crippen molar-refractivity contribution in [1.82, 2.24) is 4.98 Å². The summed E-state index contributed by atoms with van der Waals surface area (Å²) in [5.74, 6) is -0.659. The minimum atomic E-state index is -0.541. The second-order valence-electron chi connectivity index (χ2n) is 4.86. The molecule has 116 valence electrons. The number of hydrogen-bond acceptors (Lipinski definition) is 5. The number of non-ortho nitro benzene ring substituents is 1. The van der Waals surface area contributed by atoms with Crippen LogP contribution in [0.5, 0.6) is 5.88 Å². The third-order valence-corrected chi connectivity index (χ3v) is 3.20. The molecule has 0 bridgehead atoms. The lowest BCUT2D eigenvalue weighted by molar-refractivity contribution is -0.384. The number of rotatable bonds is 6. The van der Waals surface area contributed by atoms with Gasteiger partial charge in [0.25, 0.3) is 11.6 Å². The summed E-state index contributed by atoms with van der Waals surface area (Å²) < 4.78 is 0. The first-order chi connectivity index (χ1) is 10.5. The van der Waals surface area contributed by atoms with Crippen LogP contribution in [0.1, 0.15) is 32.6 Å². The van der Waals surface area contributed by atoms with Gasteiger partial charge in [-0.05, 0) is 12.5 Å².